The van der Waals surface area contributed by atoms with E-state index < -0.39 is 41.1 Å². The molecule has 106 valence electrons. The molecule has 19 heavy (non-hydrogen) atoms. The van der Waals surface area contributed by atoms with Gasteiger partial charge in [0.2, 0.25) is 0 Å². The number of aryl methyl sites for hydroxylation is 1. The van der Waals surface area contributed by atoms with E-state index in [0.29, 0.717) is 6.92 Å². The van der Waals surface area contributed by atoms with E-state index in [9.17, 15) is 27.5 Å². The molecule has 0 saturated carbocycles. The first-order valence-electron chi connectivity index (χ1n) is 5.04. The number of carboxylic acids is 1. The molecule has 4 nitrogen and oxygen atoms in total. The third-order valence-corrected chi connectivity index (χ3v) is 2.35. The van der Waals surface area contributed by atoms with Crippen molar-refractivity contribution in [3.05, 3.63) is 23.0 Å². The second-order valence-electron chi connectivity index (χ2n) is 3.84. The van der Waals surface area contributed by atoms with Crippen LogP contribution in [0.25, 0.3) is 0 Å². The lowest BCUT2D eigenvalue weighted by Gasteiger charge is -2.20. The van der Waals surface area contributed by atoms with Crippen molar-refractivity contribution in [2.45, 2.75) is 26.1 Å². The number of rotatable bonds is 3. The average molecular weight is 282 g/mol. The number of carbonyl (C=O) groups is 1. The highest BCUT2D eigenvalue weighted by atomic mass is 19.4. The van der Waals surface area contributed by atoms with Crippen molar-refractivity contribution >= 4 is 5.97 Å². The molecule has 8 heteroatoms. The van der Waals surface area contributed by atoms with Crippen LogP contribution < -0.4 is 4.74 Å². The van der Waals surface area contributed by atoms with Crippen LogP contribution in [-0.2, 0) is 0 Å². The van der Waals surface area contributed by atoms with Crippen molar-refractivity contribution in [1.82, 2.24) is 0 Å². The van der Waals surface area contributed by atoms with Crippen molar-refractivity contribution in [3.8, 4) is 11.5 Å². The van der Waals surface area contributed by atoms with Crippen molar-refractivity contribution in [2.24, 2.45) is 0 Å². The van der Waals surface area contributed by atoms with Gasteiger partial charge in [0.05, 0.1) is 0 Å². The van der Waals surface area contributed by atoms with Crippen LogP contribution in [0.3, 0.4) is 0 Å². The second kappa shape index (κ2) is 4.94. The fourth-order valence-corrected chi connectivity index (χ4v) is 1.31. The van der Waals surface area contributed by atoms with Crippen molar-refractivity contribution in [3.63, 3.8) is 0 Å². The molecular weight excluding hydrogens is 272 g/mol. The van der Waals surface area contributed by atoms with Crippen molar-refractivity contribution in [2.75, 3.05) is 0 Å². The zero-order valence-corrected chi connectivity index (χ0v) is 9.88. The molecule has 1 aromatic carbocycles. The standard InChI is InChI=1S/C11H10F4O4/c1-4-3-6(16)7(10(17)18)9(8(4)12)19-5(2)11(13,14)15/h3,5,16H,1-2H3,(H,17,18)/t5-/m1/s1. The summed E-state index contributed by atoms with van der Waals surface area (Å²) < 4.78 is 55.0. The van der Waals surface area contributed by atoms with Crippen molar-refractivity contribution < 1.29 is 37.3 Å². The molecule has 0 amide bonds. The number of hydrogen-bond donors (Lipinski definition) is 2. The van der Waals surface area contributed by atoms with Gasteiger partial charge in [0.25, 0.3) is 0 Å². The molecular formula is C11H10F4O4. The molecule has 1 aromatic rings. The summed E-state index contributed by atoms with van der Waals surface area (Å²) in [6.07, 6.45) is -7.21. The van der Waals surface area contributed by atoms with Gasteiger partial charge in [0.1, 0.15) is 11.3 Å². The molecule has 0 radical (unpaired) electrons. The normalized spacial score (nSPS) is 13.2. The van der Waals surface area contributed by atoms with Crippen LogP contribution in [0.1, 0.15) is 22.8 Å². The fourth-order valence-electron chi connectivity index (χ4n) is 1.31. The molecule has 0 aliphatic heterocycles. The van der Waals surface area contributed by atoms with Gasteiger partial charge < -0.3 is 14.9 Å². The quantitative estimate of drug-likeness (QED) is 0.836. The van der Waals surface area contributed by atoms with Crippen LogP contribution >= 0.6 is 0 Å². The Hall–Kier alpha value is -1.99. The highest BCUT2D eigenvalue weighted by molar-refractivity contribution is 5.94. The minimum atomic E-state index is -4.79. The lowest BCUT2D eigenvalue weighted by Crippen LogP contribution is -2.32. The molecule has 0 spiro atoms. The Kier molecular flexibility index (Phi) is 3.92. The minimum Gasteiger partial charge on any atom is -0.507 e. The Morgan fingerprint density at radius 3 is 2.37 bits per heavy atom. The van der Waals surface area contributed by atoms with E-state index in [-0.39, 0.29) is 5.56 Å². The first kappa shape index (κ1) is 15.1. The Morgan fingerprint density at radius 2 is 1.95 bits per heavy atom. The Bertz CT molecular complexity index is 510. The van der Waals surface area contributed by atoms with Gasteiger partial charge in [-0.25, -0.2) is 9.18 Å². The Balaban J connectivity index is 3.36. The number of phenols is 1. The number of hydrogen-bond acceptors (Lipinski definition) is 3. The number of carboxylic acid groups (broad SMARTS) is 1. The van der Waals surface area contributed by atoms with Gasteiger partial charge in [0.15, 0.2) is 17.7 Å². The summed E-state index contributed by atoms with van der Waals surface area (Å²) in [5.74, 6) is -5.04. The number of aromatic hydroxyl groups is 1. The van der Waals surface area contributed by atoms with Crippen LogP contribution in [0, 0.1) is 12.7 Å². The topological polar surface area (TPSA) is 66.8 Å². The molecule has 1 rings (SSSR count). The summed E-state index contributed by atoms with van der Waals surface area (Å²) in [6.45, 7) is 1.76. The van der Waals surface area contributed by atoms with Gasteiger partial charge in [-0.05, 0) is 25.5 Å². The van der Waals surface area contributed by atoms with E-state index in [1.54, 1.807) is 0 Å². The van der Waals surface area contributed by atoms with Crippen LogP contribution in [0.15, 0.2) is 6.07 Å². The summed E-state index contributed by atoms with van der Waals surface area (Å²) in [7, 11) is 0. The Labute approximate surface area is 105 Å². The molecule has 0 unspecified atom stereocenters. The average Bonchev–Trinajstić information content (AvgIpc) is 2.23. The largest absolute Gasteiger partial charge is 0.507 e. The maximum absolute atomic E-state index is 13.7. The molecule has 0 heterocycles. The minimum absolute atomic E-state index is 0.230. The van der Waals surface area contributed by atoms with E-state index in [4.69, 9.17) is 5.11 Å². The smallest absolute Gasteiger partial charge is 0.425 e. The molecule has 1 atom stereocenters. The van der Waals surface area contributed by atoms with Crippen LogP contribution in [0.5, 0.6) is 11.5 Å². The number of benzene rings is 1. The molecule has 0 aromatic heterocycles. The molecule has 2 N–H and O–H groups in total. The lowest BCUT2D eigenvalue weighted by atomic mass is 10.1. The van der Waals surface area contributed by atoms with Crippen molar-refractivity contribution in [1.29, 1.82) is 0 Å². The number of alkyl halides is 3. The summed E-state index contributed by atoms with van der Waals surface area (Å²) in [4.78, 5) is 10.8. The summed E-state index contributed by atoms with van der Waals surface area (Å²) >= 11 is 0. The second-order valence-corrected chi connectivity index (χ2v) is 3.84. The number of halogens is 4. The fraction of sp³-hybridized carbons (Fsp3) is 0.364. The summed E-state index contributed by atoms with van der Waals surface area (Å²) in [5.41, 5.74) is -1.27. The number of ether oxygens (including phenoxy) is 1. The van der Waals surface area contributed by atoms with Gasteiger partial charge in [-0.3, -0.25) is 0 Å². The predicted molar refractivity (Wildman–Crippen MR) is 55.9 cm³/mol. The van der Waals surface area contributed by atoms with E-state index in [2.05, 4.69) is 4.74 Å². The van der Waals surface area contributed by atoms with E-state index in [1.807, 2.05) is 0 Å². The van der Waals surface area contributed by atoms with E-state index in [0.717, 1.165) is 13.0 Å². The van der Waals surface area contributed by atoms with Crippen LogP contribution in [0.4, 0.5) is 17.6 Å². The third-order valence-electron chi connectivity index (χ3n) is 2.35. The molecule has 0 saturated heterocycles. The maximum Gasteiger partial charge on any atom is 0.425 e. The highest BCUT2D eigenvalue weighted by Gasteiger charge is 2.39. The van der Waals surface area contributed by atoms with E-state index in [1.165, 1.54) is 0 Å². The molecule has 0 aliphatic rings. The summed E-state index contributed by atoms with van der Waals surface area (Å²) in [5, 5.41) is 18.2. The van der Waals surface area contributed by atoms with E-state index >= 15 is 0 Å². The third kappa shape index (κ3) is 3.07. The van der Waals surface area contributed by atoms with Gasteiger partial charge in [-0.2, -0.15) is 13.2 Å². The SMILES string of the molecule is Cc1cc(O)c(C(=O)O)c(O[C@H](C)C(F)(F)F)c1F. The monoisotopic (exact) mass is 282 g/mol. The summed E-state index contributed by atoms with van der Waals surface area (Å²) in [6, 6.07) is 0.796. The molecule has 0 bridgehead atoms. The van der Waals surface area contributed by atoms with Crippen LogP contribution in [-0.4, -0.2) is 28.5 Å². The van der Waals surface area contributed by atoms with Gasteiger partial charge >= 0.3 is 12.1 Å². The zero-order chi connectivity index (χ0) is 15.0. The first-order valence-corrected chi connectivity index (χ1v) is 5.04. The number of aromatic carboxylic acids is 1. The van der Waals surface area contributed by atoms with Gasteiger partial charge in [-0.15, -0.1) is 0 Å². The Morgan fingerprint density at radius 1 is 1.42 bits per heavy atom. The van der Waals surface area contributed by atoms with Crippen LogP contribution in [0.2, 0.25) is 0 Å². The molecule has 0 fully saturated rings. The van der Waals surface area contributed by atoms with Gasteiger partial charge in [0, 0.05) is 0 Å². The predicted octanol–water partition coefficient (Wildman–Crippen LogP) is 2.87. The first-order chi connectivity index (χ1) is 8.55. The zero-order valence-electron chi connectivity index (χ0n) is 9.88. The maximum atomic E-state index is 13.7. The van der Waals surface area contributed by atoms with Gasteiger partial charge in [-0.1, -0.05) is 0 Å². The lowest BCUT2D eigenvalue weighted by molar-refractivity contribution is -0.189. The highest BCUT2D eigenvalue weighted by Crippen LogP contribution is 2.35. The molecule has 0 aliphatic carbocycles.